The van der Waals surface area contributed by atoms with Crippen LogP contribution in [0.25, 0.3) is 11.1 Å². The number of phenols is 5. The van der Waals surface area contributed by atoms with Crippen LogP contribution in [0.3, 0.4) is 0 Å². The fourth-order valence-corrected chi connectivity index (χ4v) is 4.47. The van der Waals surface area contributed by atoms with E-state index in [2.05, 4.69) is 4.74 Å². The van der Waals surface area contributed by atoms with E-state index >= 15 is 0 Å². The quantitative estimate of drug-likeness (QED) is 0.106. The van der Waals surface area contributed by atoms with Crippen molar-refractivity contribution in [1.82, 2.24) is 0 Å². The molecule has 0 saturated carbocycles. The number of hydrogen-bond donors (Lipinski definition) is 7. The Morgan fingerprint density at radius 3 is 1.87 bits per heavy atom. The molecule has 1 aliphatic carbocycles. The minimum atomic E-state index is -1.98. The number of phenolic OH excluding ortho intramolecular Hbond substituents is 4. The lowest BCUT2D eigenvalue weighted by molar-refractivity contribution is -0.140. The molecule has 0 aliphatic heterocycles. The minimum absolute atomic E-state index is 0.0748. The zero-order valence-electron chi connectivity index (χ0n) is 19.8. The second-order valence-electron chi connectivity index (χ2n) is 8.44. The minimum Gasteiger partial charge on any atom is -0.507 e. The SMILES string of the molecule is COC(=O)CCc1ccc(O)c(-c2c(O)c(O)c3c(c2O)C(=O)c2c(cc(O)c(C(=O)O)c2C(=O)O)C3=O)c1. The number of aromatic hydroxyl groups is 5. The summed E-state index contributed by atoms with van der Waals surface area (Å²) in [6, 6.07) is 4.32. The zero-order chi connectivity index (χ0) is 28.9. The van der Waals surface area contributed by atoms with Crippen molar-refractivity contribution < 1.29 is 64.5 Å². The van der Waals surface area contributed by atoms with Crippen LogP contribution in [0.5, 0.6) is 28.7 Å². The second-order valence-corrected chi connectivity index (χ2v) is 8.44. The molecule has 4 rings (SSSR count). The fourth-order valence-electron chi connectivity index (χ4n) is 4.47. The van der Waals surface area contributed by atoms with Gasteiger partial charge in [0.05, 0.1) is 29.4 Å². The number of fused-ring (bicyclic) bond motifs is 2. The van der Waals surface area contributed by atoms with Gasteiger partial charge in [0.1, 0.15) is 22.8 Å². The van der Waals surface area contributed by atoms with E-state index in [1.165, 1.54) is 19.2 Å². The lowest BCUT2D eigenvalue weighted by atomic mass is 9.77. The van der Waals surface area contributed by atoms with Gasteiger partial charge in [0.25, 0.3) is 0 Å². The Morgan fingerprint density at radius 1 is 0.692 bits per heavy atom. The number of methoxy groups -OCH3 is 1. The summed E-state index contributed by atoms with van der Waals surface area (Å²) in [7, 11) is 1.18. The van der Waals surface area contributed by atoms with Gasteiger partial charge in [0.15, 0.2) is 23.1 Å². The predicted molar refractivity (Wildman–Crippen MR) is 128 cm³/mol. The summed E-state index contributed by atoms with van der Waals surface area (Å²) in [4.78, 5) is 61.9. The number of benzene rings is 3. The molecule has 7 N–H and O–H groups in total. The number of carbonyl (C=O) groups is 5. The van der Waals surface area contributed by atoms with Gasteiger partial charge in [-0.1, -0.05) is 6.07 Å². The van der Waals surface area contributed by atoms with E-state index in [4.69, 9.17) is 0 Å². The van der Waals surface area contributed by atoms with Crippen molar-refractivity contribution in [3.8, 4) is 39.9 Å². The molecule has 0 bridgehead atoms. The summed E-state index contributed by atoms with van der Waals surface area (Å²) in [6.07, 6.45) is 0.0151. The maximum absolute atomic E-state index is 13.5. The Bertz CT molecular complexity index is 1650. The van der Waals surface area contributed by atoms with Crippen molar-refractivity contribution in [3.05, 3.63) is 63.2 Å². The molecule has 0 unspecified atom stereocenters. The predicted octanol–water partition coefficient (Wildman–Crippen LogP) is 2.16. The number of carbonyl (C=O) groups excluding carboxylic acids is 3. The van der Waals surface area contributed by atoms with Crippen LogP contribution in [0.15, 0.2) is 24.3 Å². The smallest absolute Gasteiger partial charge is 0.340 e. The van der Waals surface area contributed by atoms with Gasteiger partial charge in [-0.3, -0.25) is 14.4 Å². The third-order valence-corrected chi connectivity index (χ3v) is 6.26. The van der Waals surface area contributed by atoms with Crippen LogP contribution in [-0.4, -0.2) is 72.3 Å². The van der Waals surface area contributed by atoms with Gasteiger partial charge in [0, 0.05) is 23.1 Å². The highest BCUT2D eigenvalue weighted by Gasteiger charge is 2.43. The van der Waals surface area contributed by atoms with Crippen LogP contribution in [0, 0.1) is 0 Å². The van der Waals surface area contributed by atoms with Crippen LogP contribution in [0.1, 0.15) is 64.5 Å². The summed E-state index contributed by atoms with van der Waals surface area (Å²) in [5.41, 5.74) is -6.74. The van der Waals surface area contributed by atoms with E-state index in [0.717, 1.165) is 6.07 Å². The summed E-state index contributed by atoms with van der Waals surface area (Å²) < 4.78 is 4.57. The summed E-state index contributed by atoms with van der Waals surface area (Å²) >= 11 is 0. The standard InChI is InChI=1S/C26H18O13/c1-39-13(29)5-3-8-2-4-11(27)9(6-8)15-22(32)19-18(24(34)23(15)33)20(30)10-7-12(28)16(25(35)36)17(26(37)38)14(10)21(19)31/h2,4,6-7,27-28,32-34H,3,5H2,1H3,(H,35,36)(H,37,38). The number of ketones is 2. The van der Waals surface area contributed by atoms with Crippen molar-refractivity contribution in [2.45, 2.75) is 12.8 Å². The molecule has 13 heteroatoms. The number of carboxylic acid groups (broad SMARTS) is 2. The highest BCUT2D eigenvalue weighted by Crippen LogP contribution is 2.53. The maximum Gasteiger partial charge on any atom is 0.340 e. The lowest BCUT2D eigenvalue weighted by Crippen LogP contribution is -2.26. The number of hydrogen-bond acceptors (Lipinski definition) is 11. The molecule has 0 spiro atoms. The first-order valence-corrected chi connectivity index (χ1v) is 11.0. The number of rotatable bonds is 6. The third kappa shape index (κ3) is 4.01. The van der Waals surface area contributed by atoms with E-state index < -0.39 is 97.2 Å². The Labute approximate surface area is 217 Å². The van der Waals surface area contributed by atoms with Crippen LogP contribution in [-0.2, 0) is 16.0 Å². The van der Waals surface area contributed by atoms with E-state index in [1.807, 2.05) is 0 Å². The van der Waals surface area contributed by atoms with Crippen LogP contribution < -0.4 is 0 Å². The van der Waals surface area contributed by atoms with Crippen molar-refractivity contribution in [2.75, 3.05) is 7.11 Å². The number of esters is 1. The Kier molecular flexibility index (Phi) is 6.36. The molecule has 0 heterocycles. The molecule has 0 atom stereocenters. The van der Waals surface area contributed by atoms with Crippen LogP contribution in [0.4, 0.5) is 0 Å². The van der Waals surface area contributed by atoms with Gasteiger partial charge < -0.3 is 40.5 Å². The van der Waals surface area contributed by atoms with Gasteiger partial charge in [-0.05, 0) is 30.2 Å². The second kappa shape index (κ2) is 9.37. The average Bonchev–Trinajstić information content (AvgIpc) is 2.88. The van der Waals surface area contributed by atoms with Gasteiger partial charge in [-0.15, -0.1) is 0 Å². The Hall–Kier alpha value is -5.59. The molecule has 3 aromatic carbocycles. The molecule has 200 valence electrons. The molecule has 0 saturated heterocycles. The third-order valence-electron chi connectivity index (χ3n) is 6.26. The van der Waals surface area contributed by atoms with Crippen LogP contribution >= 0.6 is 0 Å². The Morgan fingerprint density at radius 2 is 1.28 bits per heavy atom. The molecule has 1 aliphatic rings. The van der Waals surface area contributed by atoms with E-state index in [-0.39, 0.29) is 18.4 Å². The van der Waals surface area contributed by atoms with Crippen molar-refractivity contribution in [3.63, 3.8) is 0 Å². The highest BCUT2D eigenvalue weighted by atomic mass is 16.5. The van der Waals surface area contributed by atoms with Crippen molar-refractivity contribution >= 4 is 29.5 Å². The lowest BCUT2D eigenvalue weighted by Gasteiger charge is -2.24. The number of aryl methyl sites for hydroxylation is 1. The number of ether oxygens (including phenoxy) is 1. The van der Waals surface area contributed by atoms with Crippen molar-refractivity contribution in [2.24, 2.45) is 0 Å². The summed E-state index contributed by atoms with van der Waals surface area (Å²) in [5.74, 6) is -12.3. The molecule has 0 amide bonds. The molecule has 0 aromatic heterocycles. The van der Waals surface area contributed by atoms with Gasteiger partial charge >= 0.3 is 17.9 Å². The van der Waals surface area contributed by atoms with Crippen molar-refractivity contribution in [1.29, 1.82) is 0 Å². The fraction of sp³-hybridized carbons (Fsp3) is 0.115. The number of carboxylic acids is 2. The molecular formula is C26H18O13. The number of aromatic carboxylic acids is 2. The highest BCUT2D eigenvalue weighted by molar-refractivity contribution is 6.34. The largest absolute Gasteiger partial charge is 0.507 e. The zero-order valence-corrected chi connectivity index (χ0v) is 19.8. The molecule has 3 aromatic rings. The van der Waals surface area contributed by atoms with E-state index in [9.17, 15) is 59.7 Å². The van der Waals surface area contributed by atoms with Gasteiger partial charge in [0.2, 0.25) is 0 Å². The molecule has 0 radical (unpaired) electrons. The first kappa shape index (κ1) is 26.5. The summed E-state index contributed by atoms with van der Waals surface area (Å²) in [6.45, 7) is 0. The first-order valence-electron chi connectivity index (χ1n) is 11.0. The molecular weight excluding hydrogens is 520 g/mol. The summed E-state index contributed by atoms with van der Waals surface area (Å²) in [5, 5.41) is 72.2. The topological polar surface area (TPSA) is 236 Å². The normalized spacial score (nSPS) is 12.0. The van der Waals surface area contributed by atoms with Crippen LogP contribution in [0.2, 0.25) is 0 Å². The van der Waals surface area contributed by atoms with Gasteiger partial charge in [-0.2, -0.15) is 0 Å². The first-order chi connectivity index (χ1) is 18.3. The van der Waals surface area contributed by atoms with Gasteiger partial charge in [-0.25, -0.2) is 9.59 Å². The van der Waals surface area contributed by atoms with E-state index in [1.54, 1.807) is 0 Å². The Balaban J connectivity index is 2.02. The molecule has 13 nitrogen and oxygen atoms in total. The maximum atomic E-state index is 13.5. The van der Waals surface area contributed by atoms with E-state index in [0.29, 0.717) is 11.6 Å². The molecule has 0 fully saturated rings. The average molecular weight is 538 g/mol. The molecule has 39 heavy (non-hydrogen) atoms. The monoisotopic (exact) mass is 538 g/mol.